The van der Waals surface area contributed by atoms with Crippen LogP contribution < -0.4 is 14.8 Å². The Morgan fingerprint density at radius 3 is 2.08 bits per heavy atom. The van der Waals surface area contributed by atoms with E-state index in [1.165, 1.54) is 60.0 Å². The smallest absolute Gasteiger partial charge is 0.224 e. The van der Waals surface area contributed by atoms with Gasteiger partial charge >= 0.3 is 0 Å². The first kappa shape index (κ1) is 34.8. The number of aryl methyl sites for hydroxylation is 2. The van der Waals surface area contributed by atoms with Crippen molar-refractivity contribution in [3.8, 4) is 11.5 Å². The number of nitrogens with one attached hydrogen (secondary N) is 1. The molecule has 0 saturated carbocycles. The zero-order valence-corrected chi connectivity index (χ0v) is 29.8. The first-order chi connectivity index (χ1) is 23.9. The summed E-state index contributed by atoms with van der Waals surface area (Å²) in [5.41, 5.74) is 7.91. The second-order valence-corrected chi connectivity index (χ2v) is 14.4. The summed E-state index contributed by atoms with van der Waals surface area (Å²) in [5, 5.41) is 3.23. The molecule has 4 aromatic rings. The number of likely N-dealkylation sites (tertiary alicyclic amines) is 1. The van der Waals surface area contributed by atoms with Gasteiger partial charge in [0, 0.05) is 17.5 Å². The normalized spacial score (nSPS) is 17.8. The molecule has 1 aliphatic heterocycles. The standard InChI is InChI=1S/C44H54N2O3/c1-34-18-20-35(21-19-34)30-42(47)45-27-12-24-44(38-14-6-4-7-15-38,39-16-8-5-9-17-39)25-13-29-46-28-11-10-23-43(46)26-22-36-31-40(48-2)41(49-3)32-37(36)33-43/h4-9,14-21,31-32H,10-13,22-30,33H2,1-3H3,(H,45,47). The SMILES string of the molecule is COc1cc2c(cc1OC)CC1(CCCCN1CCCC(CCCNC(=O)Cc1ccc(C)cc1)(c1ccccc1)c1ccccc1)CC2. The molecule has 1 N–H and O–H groups in total. The molecule has 0 radical (unpaired) electrons. The largest absolute Gasteiger partial charge is 0.493 e. The minimum absolute atomic E-state index is 0.0920. The Kier molecular flexibility index (Phi) is 11.4. The number of hydrogen-bond acceptors (Lipinski definition) is 4. The van der Waals surface area contributed by atoms with Gasteiger partial charge in [-0.2, -0.15) is 0 Å². The summed E-state index contributed by atoms with van der Waals surface area (Å²) in [6, 6.07) is 34.9. The maximum absolute atomic E-state index is 12.9. The van der Waals surface area contributed by atoms with Crippen LogP contribution in [0.2, 0.25) is 0 Å². The molecule has 1 spiro atoms. The Labute approximate surface area is 294 Å². The fourth-order valence-corrected chi connectivity index (χ4v) is 8.68. The highest BCUT2D eigenvalue weighted by Crippen LogP contribution is 2.45. The highest BCUT2D eigenvalue weighted by molar-refractivity contribution is 5.78. The van der Waals surface area contributed by atoms with Crippen molar-refractivity contribution in [1.29, 1.82) is 0 Å². The van der Waals surface area contributed by atoms with Gasteiger partial charge in [0.25, 0.3) is 0 Å². The molecule has 4 aromatic carbocycles. The average molecular weight is 659 g/mol. The predicted octanol–water partition coefficient (Wildman–Crippen LogP) is 8.63. The number of carbonyl (C=O) groups is 1. The van der Waals surface area contributed by atoms with Crippen molar-refractivity contribution >= 4 is 5.91 Å². The van der Waals surface area contributed by atoms with Crippen LogP contribution in [-0.2, 0) is 29.5 Å². The van der Waals surface area contributed by atoms with Gasteiger partial charge in [0.15, 0.2) is 11.5 Å². The van der Waals surface area contributed by atoms with E-state index >= 15 is 0 Å². The van der Waals surface area contributed by atoms with Gasteiger partial charge in [0.05, 0.1) is 20.6 Å². The van der Waals surface area contributed by atoms with Crippen molar-refractivity contribution in [2.45, 2.75) is 88.5 Å². The zero-order chi connectivity index (χ0) is 34.1. The van der Waals surface area contributed by atoms with Crippen LogP contribution >= 0.6 is 0 Å². The molecule has 258 valence electrons. The maximum atomic E-state index is 12.9. The van der Waals surface area contributed by atoms with Crippen LogP contribution in [0.5, 0.6) is 11.5 Å². The second-order valence-electron chi connectivity index (χ2n) is 14.4. The molecular weight excluding hydrogens is 604 g/mol. The van der Waals surface area contributed by atoms with Gasteiger partial charge in [0.2, 0.25) is 5.91 Å². The van der Waals surface area contributed by atoms with Crippen LogP contribution in [0.25, 0.3) is 0 Å². The first-order valence-electron chi connectivity index (χ1n) is 18.4. The molecular formula is C44H54N2O3. The van der Waals surface area contributed by atoms with E-state index in [2.05, 4.69) is 114 Å². The van der Waals surface area contributed by atoms with Crippen LogP contribution in [0.3, 0.4) is 0 Å². The van der Waals surface area contributed by atoms with Crippen molar-refractivity contribution in [2.75, 3.05) is 33.9 Å². The van der Waals surface area contributed by atoms with Gasteiger partial charge in [-0.1, -0.05) is 96.9 Å². The molecule has 1 unspecified atom stereocenters. The lowest BCUT2D eigenvalue weighted by Gasteiger charge is -2.50. The van der Waals surface area contributed by atoms with E-state index in [1.54, 1.807) is 14.2 Å². The van der Waals surface area contributed by atoms with Crippen molar-refractivity contribution < 1.29 is 14.3 Å². The molecule has 6 rings (SSSR count). The maximum Gasteiger partial charge on any atom is 0.224 e. The lowest BCUT2D eigenvalue weighted by molar-refractivity contribution is -0.120. The van der Waals surface area contributed by atoms with Crippen molar-refractivity contribution in [3.05, 3.63) is 130 Å². The van der Waals surface area contributed by atoms with E-state index in [-0.39, 0.29) is 16.9 Å². The molecule has 0 aromatic heterocycles. The van der Waals surface area contributed by atoms with Crippen molar-refractivity contribution in [1.82, 2.24) is 10.2 Å². The van der Waals surface area contributed by atoms with E-state index in [1.807, 2.05) is 0 Å². The van der Waals surface area contributed by atoms with Gasteiger partial charge in [-0.25, -0.2) is 0 Å². The predicted molar refractivity (Wildman–Crippen MR) is 200 cm³/mol. The van der Waals surface area contributed by atoms with Crippen LogP contribution in [0.1, 0.15) is 84.7 Å². The molecule has 1 heterocycles. The second kappa shape index (κ2) is 16.1. The summed E-state index contributed by atoms with van der Waals surface area (Å²) in [5.74, 6) is 1.76. The van der Waals surface area contributed by atoms with Crippen LogP contribution in [0, 0.1) is 6.92 Å². The lowest BCUT2D eigenvalue weighted by atomic mass is 9.68. The minimum atomic E-state index is -0.129. The van der Waals surface area contributed by atoms with Gasteiger partial charge < -0.3 is 14.8 Å². The number of rotatable bonds is 14. The van der Waals surface area contributed by atoms with E-state index in [0.717, 1.165) is 62.1 Å². The Bertz CT molecular complexity index is 1610. The number of carbonyl (C=O) groups excluding carboxylic acids is 1. The van der Waals surface area contributed by atoms with Gasteiger partial charge in [-0.05, 0) is 118 Å². The van der Waals surface area contributed by atoms with E-state index in [9.17, 15) is 4.79 Å². The van der Waals surface area contributed by atoms with Gasteiger partial charge in [-0.15, -0.1) is 0 Å². The minimum Gasteiger partial charge on any atom is -0.493 e. The molecule has 2 aliphatic rings. The zero-order valence-electron chi connectivity index (χ0n) is 29.8. The molecule has 0 bridgehead atoms. The number of fused-ring (bicyclic) bond motifs is 1. The van der Waals surface area contributed by atoms with Crippen molar-refractivity contribution in [2.24, 2.45) is 0 Å². The topological polar surface area (TPSA) is 50.8 Å². The van der Waals surface area contributed by atoms with E-state index < -0.39 is 0 Å². The lowest BCUT2D eigenvalue weighted by Crippen LogP contribution is -2.55. The van der Waals surface area contributed by atoms with Gasteiger partial charge in [0.1, 0.15) is 0 Å². The highest BCUT2D eigenvalue weighted by Gasteiger charge is 2.42. The fourth-order valence-electron chi connectivity index (χ4n) is 8.68. The Morgan fingerprint density at radius 2 is 1.43 bits per heavy atom. The third-order valence-corrected chi connectivity index (χ3v) is 11.3. The summed E-state index contributed by atoms with van der Waals surface area (Å²) in [6.45, 7) is 5.01. The number of benzene rings is 4. The van der Waals surface area contributed by atoms with Gasteiger partial charge in [-0.3, -0.25) is 9.69 Å². The van der Waals surface area contributed by atoms with E-state index in [4.69, 9.17) is 9.47 Å². The number of piperidine rings is 1. The number of ether oxygens (including phenoxy) is 2. The molecule has 1 aliphatic carbocycles. The number of amides is 1. The summed E-state index contributed by atoms with van der Waals surface area (Å²) >= 11 is 0. The molecule has 5 heteroatoms. The van der Waals surface area contributed by atoms with Crippen LogP contribution in [-0.4, -0.2) is 50.2 Å². The molecule has 1 fully saturated rings. The molecule has 1 atom stereocenters. The van der Waals surface area contributed by atoms with Crippen LogP contribution in [0.15, 0.2) is 97.1 Å². The average Bonchev–Trinajstić information content (AvgIpc) is 3.14. The summed E-state index contributed by atoms with van der Waals surface area (Å²) in [6.07, 6.45) is 11.7. The van der Waals surface area contributed by atoms with Crippen molar-refractivity contribution in [3.63, 3.8) is 0 Å². The number of methoxy groups -OCH3 is 2. The molecule has 1 saturated heterocycles. The molecule has 49 heavy (non-hydrogen) atoms. The molecule has 5 nitrogen and oxygen atoms in total. The number of nitrogens with zero attached hydrogens (tertiary/aromatic N) is 1. The monoisotopic (exact) mass is 658 g/mol. The third-order valence-electron chi connectivity index (χ3n) is 11.3. The summed E-state index contributed by atoms with van der Waals surface area (Å²) < 4.78 is 11.3. The quantitative estimate of drug-likeness (QED) is 0.138. The Balaban J connectivity index is 1.18. The fraction of sp³-hybridized carbons (Fsp3) is 0.432. The molecule has 1 amide bonds. The van der Waals surface area contributed by atoms with Crippen LogP contribution in [0.4, 0.5) is 0 Å². The Hall–Kier alpha value is -4.09. The highest BCUT2D eigenvalue weighted by atomic mass is 16.5. The first-order valence-corrected chi connectivity index (χ1v) is 18.4. The third kappa shape index (κ3) is 8.05. The van der Waals surface area contributed by atoms with E-state index in [0.29, 0.717) is 13.0 Å². The Morgan fingerprint density at radius 1 is 0.796 bits per heavy atom. The summed E-state index contributed by atoms with van der Waals surface area (Å²) in [7, 11) is 3.46. The summed E-state index contributed by atoms with van der Waals surface area (Å²) in [4.78, 5) is 15.7. The number of hydrogen-bond donors (Lipinski definition) is 1.